The maximum atomic E-state index is 12.6. The second-order valence-electron chi connectivity index (χ2n) is 16.8. The van der Waals surface area contributed by atoms with E-state index in [1.165, 1.54) is 154 Å². The van der Waals surface area contributed by atoms with Crippen LogP contribution in [0.3, 0.4) is 0 Å². The topological polar surface area (TPSA) is 149 Å². The first-order valence-corrected chi connectivity index (χ1v) is 26.3. The van der Waals surface area contributed by atoms with Crippen LogP contribution >= 0.6 is 7.82 Å². The van der Waals surface area contributed by atoms with Crippen molar-refractivity contribution in [3.05, 3.63) is 24.3 Å². The van der Waals surface area contributed by atoms with Crippen LogP contribution in [0.5, 0.6) is 0 Å². The lowest BCUT2D eigenvalue weighted by Gasteiger charge is -2.20. The number of unbranched alkanes of at least 4 members (excludes halogenated alkanes) is 29. The van der Waals surface area contributed by atoms with E-state index in [9.17, 15) is 24.2 Å². The average molecular weight is 873 g/mol. The number of phosphoric ester groups is 1. The predicted molar refractivity (Wildman–Crippen MR) is 247 cm³/mol. The monoisotopic (exact) mass is 873 g/mol. The van der Waals surface area contributed by atoms with Gasteiger partial charge in [-0.25, -0.2) is 4.57 Å². The first-order chi connectivity index (χ1) is 29.2. The van der Waals surface area contributed by atoms with Gasteiger partial charge in [-0.3, -0.25) is 18.6 Å². The highest BCUT2D eigenvalue weighted by atomic mass is 31.2. The maximum absolute atomic E-state index is 12.6. The fraction of sp³-hybridized carbons (Fsp3) is 0.878. The number of phosphoric acid groups is 1. The summed E-state index contributed by atoms with van der Waals surface area (Å²) in [4.78, 5) is 35.1. The number of ether oxygens (including phenoxy) is 2. The molecule has 0 fully saturated rings. The summed E-state index contributed by atoms with van der Waals surface area (Å²) in [6.07, 6.45) is 47.3. The fourth-order valence-corrected chi connectivity index (χ4v) is 7.80. The molecule has 0 aliphatic carbocycles. The van der Waals surface area contributed by atoms with Crippen LogP contribution in [0.2, 0.25) is 0 Å². The number of aliphatic hydroxyl groups excluding tert-OH is 2. The molecule has 0 aromatic carbocycles. The zero-order valence-electron chi connectivity index (χ0n) is 38.7. The van der Waals surface area contributed by atoms with E-state index in [2.05, 4.69) is 38.2 Å². The quantitative estimate of drug-likeness (QED) is 0.0233. The van der Waals surface area contributed by atoms with Crippen molar-refractivity contribution in [2.24, 2.45) is 0 Å². The van der Waals surface area contributed by atoms with Gasteiger partial charge >= 0.3 is 19.8 Å². The lowest BCUT2D eigenvalue weighted by Crippen LogP contribution is -2.29. The van der Waals surface area contributed by atoms with E-state index in [-0.39, 0.29) is 19.4 Å². The minimum absolute atomic E-state index is 0.128. The number of rotatable bonds is 47. The molecule has 0 heterocycles. The Labute approximate surface area is 368 Å². The zero-order valence-corrected chi connectivity index (χ0v) is 39.6. The van der Waals surface area contributed by atoms with Gasteiger partial charge in [0.1, 0.15) is 12.7 Å². The van der Waals surface area contributed by atoms with Gasteiger partial charge in [-0.2, -0.15) is 0 Å². The van der Waals surface area contributed by atoms with Gasteiger partial charge in [-0.15, -0.1) is 0 Å². The molecule has 0 rings (SSSR count). The van der Waals surface area contributed by atoms with Crippen LogP contribution in [0.15, 0.2) is 24.3 Å². The van der Waals surface area contributed by atoms with E-state index < -0.39 is 51.8 Å². The Balaban J connectivity index is 4.21. The first-order valence-electron chi connectivity index (χ1n) is 24.8. The molecule has 10 nitrogen and oxygen atoms in total. The molecule has 354 valence electrons. The summed E-state index contributed by atoms with van der Waals surface area (Å²) < 4.78 is 32.8. The van der Waals surface area contributed by atoms with Crippen LogP contribution in [-0.4, -0.2) is 65.7 Å². The smallest absolute Gasteiger partial charge is 0.462 e. The first kappa shape index (κ1) is 58.5. The van der Waals surface area contributed by atoms with Crippen LogP contribution in [0.1, 0.15) is 239 Å². The van der Waals surface area contributed by atoms with Crippen molar-refractivity contribution < 1.29 is 47.8 Å². The molecule has 0 amide bonds. The molecule has 0 saturated heterocycles. The van der Waals surface area contributed by atoms with E-state index in [0.29, 0.717) is 19.3 Å². The minimum Gasteiger partial charge on any atom is -0.462 e. The zero-order chi connectivity index (χ0) is 44.0. The Hall–Kier alpha value is -1.55. The van der Waals surface area contributed by atoms with Crippen LogP contribution < -0.4 is 0 Å². The van der Waals surface area contributed by atoms with Crippen molar-refractivity contribution in [2.75, 3.05) is 26.4 Å². The third kappa shape index (κ3) is 44.5. The molecule has 0 bridgehead atoms. The van der Waals surface area contributed by atoms with Gasteiger partial charge in [0.2, 0.25) is 0 Å². The Morgan fingerprint density at radius 3 is 1.30 bits per heavy atom. The molecule has 0 aliphatic heterocycles. The summed E-state index contributed by atoms with van der Waals surface area (Å²) in [5.74, 6) is -0.963. The molecule has 11 heteroatoms. The van der Waals surface area contributed by atoms with Crippen LogP contribution in [0, 0.1) is 0 Å². The van der Waals surface area contributed by atoms with Gasteiger partial charge < -0.3 is 24.6 Å². The van der Waals surface area contributed by atoms with Crippen LogP contribution in [0.4, 0.5) is 0 Å². The predicted octanol–water partition coefficient (Wildman–Crippen LogP) is 13.7. The maximum Gasteiger partial charge on any atom is 0.472 e. The summed E-state index contributed by atoms with van der Waals surface area (Å²) in [5, 5.41) is 18.4. The number of hydrogen-bond donors (Lipinski definition) is 3. The third-order valence-corrected chi connectivity index (χ3v) is 11.8. The molecule has 3 atom stereocenters. The number of allylic oxidation sites excluding steroid dienone is 4. The van der Waals surface area contributed by atoms with Crippen molar-refractivity contribution in [1.82, 2.24) is 0 Å². The largest absolute Gasteiger partial charge is 0.472 e. The molecule has 0 radical (unpaired) electrons. The molecular weight excluding hydrogens is 780 g/mol. The van der Waals surface area contributed by atoms with Crippen molar-refractivity contribution in [1.29, 1.82) is 0 Å². The van der Waals surface area contributed by atoms with Gasteiger partial charge in [-0.1, -0.05) is 205 Å². The standard InChI is InChI=1S/C49H93O10P/c1-3-5-7-9-11-13-15-17-19-20-21-22-23-24-25-26-27-29-31-33-35-37-39-41-49(53)59-47(45-58-60(54,55)57-43-46(51)42-50)44-56-48(52)40-38-36-34-32-30-28-18-16-14-12-10-8-6-4-2/h26-27,33,35,46-47,50-51H,3-25,28-32,34,36-45H2,1-2H3,(H,54,55)/b27-26+,35-33+/t46-,47+/m0/s1. The lowest BCUT2D eigenvalue weighted by molar-refractivity contribution is -0.161. The van der Waals surface area contributed by atoms with Gasteiger partial charge in [0.05, 0.1) is 19.8 Å². The highest BCUT2D eigenvalue weighted by Crippen LogP contribution is 2.43. The van der Waals surface area contributed by atoms with Gasteiger partial charge in [0.15, 0.2) is 6.10 Å². The molecule has 0 saturated carbocycles. The second-order valence-corrected chi connectivity index (χ2v) is 18.3. The second kappa shape index (κ2) is 45.5. The molecular formula is C49H93O10P. The minimum atomic E-state index is -4.63. The summed E-state index contributed by atoms with van der Waals surface area (Å²) in [6.45, 7) is 2.38. The molecule has 1 unspecified atom stereocenters. The van der Waals surface area contributed by atoms with E-state index in [0.717, 1.165) is 38.5 Å². The van der Waals surface area contributed by atoms with Gasteiger partial charge in [0, 0.05) is 12.8 Å². The van der Waals surface area contributed by atoms with Crippen molar-refractivity contribution in [2.45, 2.75) is 251 Å². The molecule has 0 spiro atoms. The molecule has 0 aliphatic rings. The molecule has 0 aromatic rings. The van der Waals surface area contributed by atoms with Crippen LogP contribution in [0.25, 0.3) is 0 Å². The van der Waals surface area contributed by atoms with E-state index >= 15 is 0 Å². The Kier molecular flexibility index (Phi) is 44.3. The van der Waals surface area contributed by atoms with Gasteiger partial charge in [0.25, 0.3) is 0 Å². The van der Waals surface area contributed by atoms with Crippen molar-refractivity contribution >= 4 is 19.8 Å². The number of hydrogen-bond acceptors (Lipinski definition) is 9. The highest BCUT2D eigenvalue weighted by Gasteiger charge is 2.27. The number of aliphatic hydroxyl groups is 2. The van der Waals surface area contributed by atoms with E-state index in [1.807, 2.05) is 0 Å². The molecule has 0 aromatic heterocycles. The fourth-order valence-electron chi connectivity index (χ4n) is 7.02. The number of esters is 2. The summed E-state index contributed by atoms with van der Waals surface area (Å²) in [6, 6.07) is 0. The third-order valence-electron chi connectivity index (χ3n) is 10.8. The Morgan fingerprint density at radius 2 is 0.850 bits per heavy atom. The summed E-state index contributed by atoms with van der Waals surface area (Å²) >= 11 is 0. The molecule has 3 N–H and O–H groups in total. The SMILES string of the molecule is CCCCCCCCCCCCCCCC/C=C/CC/C=C/CCCC(=O)O[C@H](COC(=O)CCCCCCCCCCCCCCCC)COP(=O)(O)OC[C@@H](O)CO. The normalized spacial score (nSPS) is 13.9. The van der Waals surface area contributed by atoms with Crippen LogP contribution in [-0.2, 0) is 32.7 Å². The van der Waals surface area contributed by atoms with Crippen molar-refractivity contribution in [3.63, 3.8) is 0 Å². The molecule has 60 heavy (non-hydrogen) atoms. The summed E-state index contributed by atoms with van der Waals surface area (Å²) in [5.41, 5.74) is 0. The van der Waals surface area contributed by atoms with E-state index in [1.54, 1.807) is 0 Å². The van der Waals surface area contributed by atoms with E-state index in [4.69, 9.17) is 23.6 Å². The number of carbonyl (C=O) groups is 2. The lowest BCUT2D eigenvalue weighted by atomic mass is 10.0. The number of carbonyl (C=O) groups excluding carboxylic acids is 2. The average Bonchev–Trinajstić information content (AvgIpc) is 3.24. The highest BCUT2D eigenvalue weighted by molar-refractivity contribution is 7.47. The Bertz CT molecular complexity index is 1050. The van der Waals surface area contributed by atoms with Gasteiger partial charge in [-0.05, 0) is 44.9 Å². The summed E-state index contributed by atoms with van der Waals surface area (Å²) in [7, 11) is -4.63. The Morgan fingerprint density at radius 1 is 0.483 bits per heavy atom. The van der Waals surface area contributed by atoms with Crippen molar-refractivity contribution in [3.8, 4) is 0 Å².